The summed E-state index contributed by atoms with van der Waals surface area (Å²) in [6, 6.07) is 19.2. The highest BCUT2D eigenvalue weighted by Crippen LogP contribution is 2.35. The van der Waals surface area contributed by atoms with Gasteiger partial charge in [-0.05, 0) is 74.3 Å². The second-order valence-corrected chi connectivity index (χ2v) is 10.1. The molecule has 7 nitrogen and oxygen atoms in total. The maximum absolute atomic E-state index is 6.46. The molecule has 2 N–H and O–H groups in total. The van der Waals surface area contributed by atoms with Gasteiger partial charge in [0.05, 0.1) is 35.6 Å². The molecule has 6 aromatic rings. The number of para-hydroxylation sites is 1. The van der Waals surface area contributed by atoms with E-state index in [2.05, 4.69) is 74.8 Å². The summed E-state index contributed by atoms with van der Waals surface area (Å²) in [5.41, 5.74) is 8.38. The van der Waals surface area contributed by atoms with Crippen LogP contribution in [-0.4, -0.2) is 50.8 Å². The summed E-state index contributed by atoms with van der Waals surface area (Å²) in [7, 11) is 0. The molecule has 7 heteroatoms. The monoisotopic (exact) mass is 503 g/mol. The summed E-state index contributed by atoms with van der Waals surface area (Å²) in [5, 5.41) is 9.84. The second kappa shape index (κ2) is 9.50. The number of nitrogens with zero attached hydrogens (tertiary/aromatic N) is 3. The van der Waals surface area contributed by atoms with Gasteiger partial charge in [0, 0.05) is 39.7 Å². The molecular weight excluding hydrogens is 474 g/mol. The number of aromatic nitrogens is 4. The van der Waals surface area contributed by atoms with E-state index in [1.807, 2.05) is 19.2 Å². The molecule has 0 amide bonds. The Kier molecular flexibility index (Phi) is 5.70. The third kappa shape index (κ3) is 4.15. The fourth-order valence-corrected chi connectivity index (χ4v) is 5.43. The number of nitrogens with one attached hydrogen (secondary N) is 2. The molecule has 1 atom stereocenters. The van der Waals surface area contributed by atoms with E-state index in [1.165, 1.54) is 22.9 Å². The molecular formula is C31H29N5O2. The molecule has 1 aliphatic heterocycles. The average molecular weight is 504 g/mol. The first-order valence-corrected chi connectivity index (χ1v) is 13.1. The Labute approximate surface area is 220 Å². The van der Waals surface area contributed by atoms with E-state index in [-0.39, 0.29) is 0 Å². The van der Waals surface area contributed by atoms with Gasteiger partial charge in [-0.15, -0.1) is 0 Å². The van der Waals surface area contributed by atoms with E-state index in [1.54, 1.807) is 12.5 Å². The SMILES string of the molecule is Cc1n[nH]c2ccc(-c3cc(OC[C@H](Cc4c[nH]c5ccccc45)N4CCC4)cnc3-c3ccoc3)cc12. The van der Waals surface area contributed by atoms with Crippen molar-refractivity contribution in [3.8, 4) is 28.1 Å². The number of likely N-dealkylation sites (tertiary alicyclic amines) is 1. The third-order valence-electron chi connectivity index (χ3n) is 7.70. The first-order chi connectivity index (χ1) is 18.7. The van der Waals surface area contributed by atoms with Gasteiger partial charge in [-0.25, -0.2) is 0 Å². The van der Waals surface area contributed by atoms with E-state index in [0.29, 0.717) is 12.6 Å². The average Bonchev–Trinajstić information content (AvgIpc) is 3.67. The molecule has 0 radical (unpaired) electrons. The Bertz CT molecular complexity index is 1710. The number of H-pyrrole nitrogens is 2. The highest BCUT2D eigenvalue weighted by atomic mass is 16.5. The van der Waals surface area contributed by atoms with Gasteiger partial charge in [-0.1, -0.05) is 24.3 Å². The summed E-state index contributed by atoms with van der Waals surface area (Å²) in [6.07, 6.45) is 9.56. The van der Waals surface area contributed by atoms with Crippen LogP contribution in [0.4, 0.5) is 0 Å². The third-order valence-corrected chi connectivity index (χ3v) is 7.70. The lowest BCUT2D eigenvalue weighted by atomic mass is 9.99. The van der Waals surface area contributed by atoms with E-state index in [0.717, 1.165) is 64.2 Å². The Hall–Kier alpha value is -4.36. The number of aromatic amines is 2. The van der Waals surface area contributed by atoms with Crippen molar-refractivity contribution >= 4 is 21.8 Å². The van der Waals surface area contributed by atoms with Gasteiger partial charge in [-0.2, -0.15) is 5.10 Å². The first-order valence-electron chi connectivity index (χ1n) is 13.1. The van der Waals surface area contributed by atoms with Crippen molar-refractivity contribution in [2.24, 2.45) is 0 Å². The molecule has 0 saturated carbocycles. The number of pyridine rings is 1. The lowest BCUT2D eigenvalue weighted by Gasteiger charge is -2.38. The van der Waals surface area contributed by atoms with Gasteiger partial charge in [0.25, 0.3) is 0 Å². The quantitative estimate of drug-likeness (QED) is 0.252. The van der Waals surface area contributed by atoms with Gasteiger partial charge in [0.2, 0.25) is 0 Å². The topological polar surface area (TPSA) is 83.0 Å². The van der Waals surface area contributed by atoms with Crippen LogP contribution in [0, 0.1) is 6.92 Å². The van der Waals surface area contributed by atoms with Crippen LogP contribution in [0.3, 0.4) is 0 Å². The summed E-state index contributed by atoms with van der Waals surface area (Å²) >= 11 is 0. The number of ether oxygens (including phenoxy) is 1. The van der Waals surface area contributed by atoms with Crippen LogP contribution in [-0.2, 0) is 6.42 Å². The van der Waals surface area contributed by atoms with Gasteiger partial charge >= 0.3 is 0 Å². The molecule has 1 fully saturated rings. The Morgan fingerprint density at radius 1 is 1.03 bits per heavy atom. The molecule has 38 heavy (non-hydrogen) atoms. The molecule has 0 unspecified atom stereocenters. The highest BCUT2D eigenvalue weighted by Gasteiger charge is 2.26. The largest absolute Gasteiger partial charge is 0.490 e. The Balaban J connectivity index is 1.19. The van der Waals surface area contributed by atoms with Crippen molar-refractivity contribution in [1.29, 1.82) is 0 Å². The maximum Gasteiger partial charge on any atom is 0.138 e. The zero-order valence-corrected chi connectivity index (χ0v) is 21.3. The molecule has 0 aliphatic carbocycles. The van der Waals surface area contributed by atoms with Crippen molar-refractivity contribution in [2.45, 2.75) is 25.8 Å². The van der Waals surface area contributed by atoms with E-state index in [9.17, 15) is 0 Å². The molecule has 0 spiro atoms. The van der Waals surface area contributed by atoms with Gasteiger partial charge in [-0.3, -0.25) is 15.0 Å². The van der Waals surface area contributed by atoms with Crippen LogP contribution in [0.25, 0.3) is 44.2 Å². The van der Waals surface area contributed by atoms with Crippen molar-refractivity contribution < 1.29 is 9.15 Å². The number of hydrogen-bond acceptors (Lipinski definition) is 5. The lowest BCUT2D eigenvalue weighted by Crippen LogP contribution is -2.48. The zero-order chi connectivity index (χ0) is 25.5. The highest BCUT2D eigenvalue weighted by molar-refractivity contribution is 5.90. The van der Waals surface area contributed by atoms with Gasteiger partial charge < -0.3 is 14.1 Å². The fourth-order valence-electron chi connectivity index (χ4n) is 5.43. The zero-order valence-electron chi connectivity index (χ0n) is 21.3. The van der Waals surface area contributed by atoms with Crippen molar-refractivity contribution in [2.75, 3.05) is 19.7 Å². The predicted octanol–water partition coefficient (Wildman–Crippen LogP) is 6.37. The van der Waals surface area contributed by atoms with Crippen LogP contribution >= 0.6 is 0 Å². The number of aryl methyl sites for hydroxylation is 1. The van der Waals surface area contributed by atoms with Crippen LogP contribution in [0.15, 0.2) is 83.9 Å². The van der Waals surface area contributed by atoms with Crippen molar-refractivity contribution in [3.63, 3.8) is 0 Å². The smallest absolute Gasteiger partial charge is 0.138 e. The van der Waals surface area contributed by atoms with Crippen molar-refractivity contribution in [3.05, 3.63) is 90.8 Å². The summed E-state index contributed by atoms with van der Waals surface area (Å²) in [6.45, 7) is 4.85. The van der Waals surface area contributed by atoms with Crippen molar-refractivity contribution in [1.82, 2.24) is 25.1 Å². The van der Waals surface area contributed by atoms with Crippen LogP contribution in [0.5, 0.6) is 5.75 Å². The molecule has 0 bridgehead atoms. The number of hydrogen-bond donors (Lipinski definition) is 2. The van der Waals surface area contributed by atoms with Gasteiger partial charge in [0.1, 0.15) is 12.4 Å². The fraction of sp³-hybridized carbons (Fsp3) is 0.226. The second-order valence-electron chi connectivity index (χ2n) is 10.1. The maximum atomic E-state index is 6.46. The molecule has 2 aromatic carbocycles. The first kappa shape index (κ1) is 22.8. The Morgan fingerprint density at radius 2 is 1.95 bits per heavy atom. The number of fused-ring (bicyclic) bond motifs is 2. The lowest BCUT2D eigenvalue weighted by molar-refractivity contribution is 0.0796. The minimum Gasteiger partial charge on any atom is -0.490 e. The summed E-state index contributed by atoms with van der Waals surface area (Å²) < 4.78 is 11.8. The van der Waals surface area contributed by atoms with Crippen LogP contribution < -0.4 is 4.74 Å². The van der Waals surface area contributed by atoms with E-state index >= 15 is 0 Å². The molecule has 1 aliphatic rings. The predicted molar refractivity (Wildman–Crippen MR) is 149 cm³/mol. The molecule has 4 aromatic heterocycles. The molecule has 5 heterocycles. The number of benzene rings is 2. The summed E-state index contributed by atoms with van der Waals surface area (Å²) in [5.74, 6) is 0.765. The summed E-state index contributed by atoms with van der Waals surface area (Å²) in [4.78, 5) is 10.8. The molecule has 7 rings (SSSR count). The molecule has 190 valence electrons. The Morgan fingerprint density at radius 3 is 2.79 bits per heavy atom. The minimum absolute atomic E-state index is 0.296. The standard InChI is InChI=1S/C31H29N5O2/c1-20-27-14-21(7-8-30(27)35-34-20)28-15-25(17-33-31(28)22-9-12-37-18-22)38-19-24(36-10-4-11-36)13-23-16-32-29-6-3-2-5-26(23)29/h2-3,5-9,12,14-18,24,32H,4,10-11,13,19H2,1H3,(H,34,35)/t24-/m0/s1. The normalized spacial score (nSPS) is 14.7. The van der Waals surface area contributed by atoms with Crippen LogP contribution in [0.1, 0.15) is 17.7 Å². The van der Waals surface area contributed by atoms with E-state index < -0.39 is 0 Å². The molecule has 1 saturated heterocycles. The minimum atomic E-state index is 0.296. The van der Waals surface area contributed by atoms with E-state index in [4.69, 9.17) is 14.1 Å². The number of rotatable bonds is 8. The van der Waals surface area contributed by atoms with Crippen LogP contribution in [0.2, 0.25) is 0 Å². The number of furan rings is 1. The van der Waals surface area contributed by atoms with Gasteiger partial charge in [0.15, 0.2) is 0 Å².